The maximum Gasteiger partial charge on any atom is 0.119 e. The van der Waals surface area contributed by atoms with Gasteiger partial charge in [-0.1, -0.05) is 43.5 Å². The van der Waals surface area contributed by atoms with Crippen molar-refractivity contribution in [1.29, 1.82) is 0 Å². The highest BCUT2D eigenvalue weighted by molar-refractivity contribution is 6.03. The number of hydrogen-bond acceptors (Lipinski definition) is 4. The normalized spacial score (nSPS) is 15.1. The van der Waals surface area contributed by atoms with Crippen LogP contribution in [-0.2, 0) is 0 Å². The molecule has 1 aliphatic rings. The van der Waals surface area contributed by atoms with Crippen molar-refractivity contribution < 1.29 is 4.74 Å². The van der Waals surface area contributed by atoms with Crippen LogP contribution in [0.25, 0.3) is 22.0 Å². The van der Waals surface area contributed by atoms with Crippen LogP contribution in [0.2, 0.25) is 0 Å². The zero-order chi connectivity index (χ0) is 18.8. The number of anilines is 2. The summed E-state index contributed by atoms with van der Waals surface area (Å²) in [5, 5.41) is 0.897. The zero-order valence-electron chi connectivity index (χ0n) is 15.9. The number of aromatic nitrogens is 1. The third-order valence-electron chi connectivity index (χ3n) is 5.62. The van der Waals surface area contributed by atoms with E-state index in [0.717, 1.165) is 45.8 Å². The molecule has 1 aromatic heterocycles. The van der Waals surface area contributed by atoms with Gasteiger partial charge in [0.15, 0.2) is 0 Å². The van der Waals surface area contributed by atoms with E-state index in [4.69, 9.17) is 21.2 Å². The Balaban J connectivity index is 1.58. The predicted octanol–water partition coefficient (Wildman–Crippen LogP) is 5.33. The van der Waals surface area contributed by atoms with E-state index < -0.39 is 0 Å². The number of ether oxygens (including phenoxy) is 1. The molecule has 27 heavy (non-hydrogen) atoms. The Kier molecular flexibility index (Phi) is 4.88. The second-order valence-electron chi connectivity index (χ2n) is 7.57. The molecule has 1 aliphatic carbocycles. The number of rotatable bonds is 4. The van der Waals surface area contributed by atoms with Gasteiger partial charge in [-0.15, -0.1) is 0 Å². The lowest BCUT2D eigenvalue weighted by atomic mass is 9.90. The van der Waals surface area contributed by atoms with Gasteiger partial charge in [-0.3, -0.25) is 4.98 Å². The van der Waals surface area contributed by atoms with E-state index in [2.05, 4.69) is 12.1 Å². The molecule has 1 saturated carbocycles. The SMILES string of the molecule is Cc1nc2c(N)cccc2c(N)c1-c1ccc(OCC2CCCCC2)cc1. The Morgan fingerprint density at radius 2 is 1.74 bits per heavy atom. The Hall–Kier alpha value is -2.75. The van der Waals surface area contributed by atoms with Crippen LogP contribution in [-0.4, -0.2) is 11.6 Å². The highest BCUT2D eigenvalue weighted by atomic mass is 16.5. The summed E-state index contributed by atoms with van der Waals surface area (Å²) in [7, 11) is 0. The van der Waals surface area contributed by atoms with Gasteiger partial charge in [-0.2, -0.15) is 0 Å². The fourth-order valence-corrected chi connectivity index (χ4v) is 4.11. The van der Waals surface area contributed by atoms with Gasteiger partial charge < -0.3 is 16.2 Å². The molecule has 0 unspecified atom stereocenters. The first kappa shape index (κ1) is 17.7. The second kappa shape index (κ2) is 7.47. The number of para-hydroxylation sites is 1. The summed E-state index contributed by atoms with van der Waals surface area (Å²) in [6.07, 6.45) is 6.63. The van der Waals surface area contributed by atoms with Crippen molar-refractivity contribution in [2.24, 2.45) is 5.92 Å². The van der Waals surface area contributed by atoms with Crippen molar-refractivity contribution in [2.45, 2.75) is 39.0 Å². The fourth-order valence-electron chi connectivity index (χ4n) is 4.11. The fraction of sp³-hybridized carbons (Fsp3) is 0.348. The predicted molar refractivity (Wildman–Crippen MR) is 113 cm³/mol. The first-order valence-electron chi connectivity index (χ1n) is 9.81. The molecule has 0 atom stereocenters. The molecule has 4 nitrogen and oxygen atoms in total. The first-order valence-corrected chi connectivity index (χ1v) is 9.81. The largest absolute Gasteiger partial charge is 0.493 e. The van der Waals surface area contributed by atoms with Gasteiger partial charge in [-0.05, 0) is 49.4 Å². The third kappa shape index (κ3) is 3.57. The summed E-state index contributed by atoms with van der Waals surface area (Å²) < 4.78 is 6.02. The molecule has 0 radical (unpaired) electrons. The molecule has 4 N–H and O–H groups in total. The van der Waals surface area contributed by atoms with Crippen molar-refractivity contribution in [3.63, 3.8) is 0 Å². The molecule has 0 saturated heterocycles. The first-order chi connectivity index (χ1) is 13.1. The quantitative estimate of drug-likeness (QED) is 0.616. The van der Waals surface area contributed by atoms with Crippen LogP contribution >= 0.6 is 0 Å². The number of pyridine rings is 1. The van der Waals surface area contributed by atoms with Crippen LogP contribution in [0.5, 0.6) is 5.75 Å². The smallest absolute Gasteiger partial charge is 0.119 e. The van der Waals surface area contributed by atoms with Crippen LogP contribution in [0.1, 0.15) is 37.8 Å². The second-order valence-corrected chi connectivity index (χ2v) is 7.57. The van der Waals surface area contributed by atoms with Gasteiger partial charge in [0.2, 0.25) is 0 Å². The Labute approximate surface area is 160 Å². The van der Waals surface area contributed by atoms with E-state index in [1.807, 2.05) is 37.3 Å². The van der Waals surface area contributed by atoms with Crippen LogP contribution in [0.4, 0.5) is 11.4 Å². The maximum atomic E-state index is 6.49. The molecule has 0 amide bonds. The molecular formula is C23H27N3O. The Morgan fingerprint density at radius 3 is 2.48 bits per heavy atom. The molecule has 1 fully saturated rings. The lowest BCUT2D eigenvalue weighted by Gasteiger charge is -2.21. The van der Waals surface area contributed by atoms with E-state index in [1.54, 1.807) is 0 Å². The Bertz CT molecular complexity index is 944. The molecule has 0 spiro atoms. The molecule has 4 rings (SSSR count). The average Bonchev–Trinajstić information content (AvgIpc) is 2.69. The van der Waals surface area contributed by atoms with Gasteiger partial charge in [0, 0.05) is 16.6 Å². The van der Waals surface area contributed by atoms with Crippen LogP contribution in [0, 0.1) is 12.8 Å². The number of nitrogen functional groups attached to an aromatic ring is 2. The van der Waals surface area contributed by atoms with E-state index in [-0.39, 0.29) is 0 Å². The van der Waals surface area contributed by atoms with Crippen LogP contribution in [0.15, 0.2) is 42.5 Å². The summed E-state index contributed by atoms with van der Waals surface area (Å²) in [4.78, 5) is 4.70. The van der Waals surface area contributed by atoms with Crippen molar-refractivity contribution in [3.8, 4) is 16.9 Å². The van der Waals surface area contributed by atoms with Gasteiger partial charge in [0.25, 0.3) is 0 Å². The Morgan fingerprint density at radius 1 is 1.00 bits per heavy atom. The summed E-state index contributed by atoms with van der Waals surface area (Å²) in [5.41, 5.74) is 17.6. The monoisotopic (exact) mass is 361 g/mol. The summed E-state index contributed by atoms with van der Waals surface area (Å²) >= 11 is 0. The number of aryl methyl sites for hydroxylation is 1. The van der Waals surface area contributed by atoms with Gasteiger partial charge >= 0.3 is 0 Å². The van der Waals surface area contributed by atoms with E-state index in [0.29, 0.717) is 11.6 Å². The molecule has 2 aromatic carbocycles. The van der Waals surface area contributed by atoms with Gasteiger partial charge in [0.05, 0.1) is 23.5 Å². The molecule has 1 heterocycles. The third-order valence-corrected chi connectivity index (χ3v) is 5.62. The van der Waals surface area contributed by atoms with E-state index in [9.17, 15) is 0 Å². The van der Waals surface area contributed by atoms with Crippen molar-refractivity contribution in [1.82, 2.24) is 4.98 Å². The number of benzene rings is 2. The minimum absolute atomic E-state index is 0.653. The van der Waals surface area contributed by atoms with Crippen LogP contribution < -0.4 is 16.2 Å². The average molecular weight is 361 g/mol. The molecule has 0 aliphatic heterocycles. The molecule has 3 aromatic rings. The summed E-state index contributed by atoms with van der Waals surface area (Å²) in [6.45, 7) is 2.79. The van der Waals surface area contributed by atoms with E-state index in [1.165, 1.54) is 32.1 Å². The minimum Gasteiger partial charge on any atom is -0.493 e. The van der Waals surface area contributed by atoms with Crippen molar-refractivity contribution >= 4 is 22.3 Å². The highest BCUT2D eigenvalue weighted by Crippen LogP contribution is 2.36. The van der Waals surface area contributed by atoms with Crippen molar-refractivity contribution in [3.05, 3.63) is 48.2 Å². The maximum absolute atomic E-state index is 6.49. The molecule has 4 heteroatoms. The molecule has 140 valence electrons. The van der Waals surface area contributed by atoms with Gasteiger partial charge in [0.1, 0.15) is 5.75 Å². The lowest BCUT2D eigenvalue weighted by Crippen LogP contribution is -2.15. The number of fused-ring (bicyclic) bond motifs is 1. The lowest BCUT2D eigenvalue weighted by molar-refractivity contribution is 0.209. The zero-order valence-corrected chi connectivity index (χ0v) is 15.9. The van der Waals surface area contributed by atoms with E-state index >= 15 is 0 Å². The van der Waals surface area contributed by atoms with Crippen molar-refractivity contribution in [2.75, 3.05) is 18.1 Å². The standard InChI is InChI=1S/C23H27N3O/c1-15-21(22(25)19-8-5-9-20(24)23(19)26-15)17-10-12-18(13-11-17)27-14-16-6-3-2-4-7-16/h5,8-13,16H,2-4,6-7,14,24H2,1H3,(H2,25,26). The molecule has 0 bridgehead atoms. The molecular weight excluding hydrogens is 334 g/mol. The highest BCUT2D eigenvalue weighted by Gasteiger charge is 2.15. The topological polar surface area (TPSA) is 74.2 Å². The summed E-state index contributed by atoms with van der Waals surface area (Å²) in [5.74, 6) is 1.62. The number of nitrogens with zero attached hydrogens (tertiary/aromatic N) is 1. The summed E-state index contributed by atoms with van der Waals surface area (Å²) in [6, 6.07) is 13.9. The van der Waals surface area contributed by atoms with Crippen LogP contribution in [0.3, 0.4) is 0 Å². The minimum atomic E-state index is 0.653. The van der Waals surface area contributed by atoms with Gasteiger partial charge in [-0.25, -0.2) is 0 Å². The number of nitrogens with two attached hydrogens (primary N) is 2. The number of hydrogen-bond donors (Lipinski definition) is 2.